The third-order valence-electron chi connectivity index (χ3n) is 5.86. The molecule has 0 aliphatic carbocycles. The zero-order valence-corrected chi connectivity index (χ0v) is 18.8. The van der Waals surface area contributed by atoms with E-state index in [1.807, 2.05) is 34.9 Å². The van der Waals surface area contributed by atoms with Crippen molar-refractivity contribution in [2.45, 2.75) is 25.4 Å². The van der Waals surface area contributed by atoms with Crippen LogP contribution in [0.4, 0.5) is 0 Å². The first kappa shape index (κ1) is 19.9. The van der Waals surface area contributed by atoms with Gasteiger partial charge in [0.25, 0.3) is 11.8 Å². The molecule has 156 valence electrons. The number of carbonyl (C=O) groups excluding carboxylic acids is 2. The highest BCUT2D eigenvalue weighted by molar-refractivity contribution is 7.21. The van der Waals surface area contributed by atoms with E-state index in [1.165, 1.54) is 22.7 Å². The van der Waals surface area contributed by atoms with Gasteiger partial charge in [-0.1, -0.05) is 11.6 Å². The molecule has 1 unspecified atom stereocenters. The average molecular weight is 461 g/mol. The van der Waals surface area contributed by atoms with Crippen molar-refractivity contribution >= 4 is 56.2 Å². The quantitative estimate of drug-likeness (QED) is 0.645. The van der Waals surface area contributed by atoms with Gasteiger partial charge in [-0.3, -0.25) is 9.59 Å². The molecule has 0 spiro atoms. The number of halogens is 1. The monoisotopic (exact) mass is 460 g/mol. The van der Waals surface area contributed by atoms with Crippen molar-refractivity contribution in [1.82, 2.24) is 20.1 Å². The molecule has 4 heterocycles. The number of fused-ring (bicyclic) bond motifs is 1. The number of rotatable bonds is 4. The van der Waals surface area contributed by atoms with Gasteiger partial charge in [-0.15, -0.1) is 22.7 Å². The number of aromatic nitrogens is 1. The first-order chi connectivity index (χ1) is 14.5. The summed E-state index contributed by atoms with van der Waals surface area (Å²) in [6, 6.07) is 6.31. The topological polar surface area (TPSA) is 65.5 Å². The van der Waals surface area contributed by atoms with E-state index in [2.05, 4.69) is 10.3 Å². The summed E-state index contributed by atoms with van der Waals surface area (Å²) in [6.45, 7) is 4.82. The van der Waals surface area contributed by atoms with E-state index < -0.39 is 0 Å². The number of thiazole rings is 1. The molecule has 2 fully saturated rings. The number of thiophene rings is 1. The van der Waals surface area contributed by atoms with Crippen LogP contribution in [-0.2, 0) is 0 Å². The molecule has 0 radical (unpaired) electrons. The Labute approximate surface area is 187 Å². The molecule has 30 heavy (non-hydrogen) atoms. The summed E-state index contributed by atoms with van der Waals surface area (Å²) < 4.78 is 1.09. The van der Waals surface area contributed by atoms with E-state index >= 15 is 0 Å². The maximum absolute atomic E-state index is 13.0. The van der Waals surface area contributed by atoms with Gasteiger partial charge >= 0.3 is 0 Å². The summed E-state index contributed by atoms with van der Waals surface area (Å²) in [5.41, 5.74) is 3.22. The second kappa shape index (κ2) is 7.92. The Hall–Kier alpha value is -2.00. The summed E-state index contributed by atoms with van der Waals surface area (Å²) in [5.74, 6) is 0.0981. The van der Waals surface area contributed by atoms with E-state index in [-0.39, 0.29) is 23.9 Å². The van der Waals surface area contributed by atoms with Gasteiger partial charge in [0.05, 0.1) is 10.4 Å². The van der Waals surface area contributed by atoms with Crippen LogP contribution in [0, 0.1) is 6.92 Å². The summed E-state index contributed by atoms with van der Waals surface area (Å²) in [4.78, 5) is 34.1. The fraction of sp³-hybridized carbons (Fsp3) is 0.381. The third kappa shape index (κ3) is 3.62. The standard InChI is InChI=1S/C21H21ClN4O2S2/c1-12-16-6-13(22)2-3-18(16)30-19(12)21(28)26-8-15(9-26)24-14-4-5-25(7-14)20(27)17-10-29-11-23-17/h2-3,6,10-11,14-15,24H,4-5,7-9H2,1H3. The number of amides is 2. The van der Waals surface area contributed by atoms with Crippen LogP contribution in [0.25, 0.3) is 10.1 Å². The van der Waals surface area contributed by atoms with Crippen molar-refractivity contribution in [2.75, 3.05) is 26.2 Å². The largest absolute Gasteiger partial charge is 0.336 e. The maximum atomic E-state index is 13.0. The zero-order valence-electron chi connectivity index (χ0n) is 16.4. The van der Waals surface area contributed by atoms with E-state index in [0.29, 0.717) is 30.4 Å². The first-order valence-electron chi connectivity index (χ1n) is 9.91. The Balaban J connectivity index is 1.16. The molecular formula is C21H21ClN4O2S2. The van der Waals surface area contributed by atoms with Gasteiger partial charge in [0.1, 0.15) is 5.69 Å². The Morgan fingerprint density at radius 1 is 1.17 bits per heavy atom. The summed E-state index contributed by atoms with van der Waals surface area (Å²) in [5, 5.41) is 7.15. The smallest absolute Gasteiger partial charge is 0.273 e. The summed E-state index contributed by atoms with van der Waals surface area (Å²) in [7, 11) is 0. The molecule has 0 saturated carbocycles. The number of aryl methyl sites for hydroxylation is 1. The van der Waals surface area contributed by atoms with Gasteiger partial charge in [0.15, 0.2) is 0 Å². The van der Waals surface area contributed by atoms with Gasteiger partial charge in [-0.25, -0.2) is 4.98 Å². The molecule has 0 bridgehead atoms. The van der Waals surface area contributed by atoms with Crippen molar-refractivity contribution in [3.8, 4) is 0 Å². The van der Waals surface area contributed by atoms with Gasteiger partial charge in [-0.2, -0.15) is 0 Å². The lowest BCUT2D eigenvalue weighted by atomic mass is 10.1. The van der Waals surface area contributed by atoms with E-state index in [0.717, 1.165) is 33.5 Å². The number of benzene rings is 1. The van der Waals surface area contributed by atoms with Gasteiger partial charge in [0, 0.05) is 53.4 Å². The SMILES string of the molecule is Cc1c(C(=O)N2CC(NC3CCN(C(=O)c4cscn4)C3)C2)sc2ccc(Cl)cc12. The number of nitrogens with zero attached hydrogens (tertiary/aromatic N) is 3. The van der Waals surface area contributed by atoms with Crippen LogP contribution in [0.1, 0.15) is 32.1 Å². The molecule has 2 amide bonds. The molecule has 5 rings (SSSR count). The van der Waals surface area contributed by atoms with Crippen LogP contribution in [0.3, 0.4) is 0 Å². The van der Waals surface area contributed by atoms with Crippen LogP contribution < -0.4 is 5.32 Å². The highest BCUT2D eigenvalue weighted by Crippen LogP contribution is 2.34. The van der Waals surface area contributed by atoms with E-state index in [4.69, 9.17) is 11.6 Å². The second-order valence-corrected chi connectivity index (χ2v) is 10.1. The lowest BCUT2D eigenvalue weighted by Crippen LogP contribution is -2.62. The maximum Gasteiger partial charge on any atom is 0.273 e. The lowest BCUT2D eigenvalue weighted by Gasteiger charge is -2.41. The van der Waals surface area contributed by atoms with Gasteiger partial charge in [-0.05, 0) is 42.5 Å². The Kier molecular flexibility index (Phi) is 5.26. The molecule has 1 N–H and O–H groups in total. The fourth-order valence-corrected chi connectivity index (χ4v) is 6.04. The molecule has 6 nitrogen and oxygen atoms in total. The van der Waals surface area contributed by atoms with Crippen molar-refractivity contribution in [3.05, 3.63) is 50.2 Å². The Bertz CT molecular complexity index is 1110. The predicted octanol–water partition coefficient (Wildman–Crippen LogP) is 3.65. The minimum atomic E-state index is 0.00584. The third-order valence-corrected chi connectivity index (χ3v) is 7.94. The highest BCUT2D eigenvalue weighted by Gasteiger charge is 2.36. The zero-order chi connectivity index (χ0) is 20.8. The minimum Gasteiger partial charge on any atom is -0.336 e. The average Bonchev–Trinajstić information content (AvgIpc) is 3.45. The Morgan fingerprint density at radius 2 is 1.97 bits per heavy atom. The van der Waals surface area contributed by atoms with Gasteiger partial charge < -0.3 is 15.1 Å². The molecule has 3 aromatic rings. The fourth-order valence-electron chi connectivity index (χ4n) is 4.18. The van der Waals surface area contributed by atoms with Crippen LogP contribution in [0.2, 0.25) is 5.02 Å². The van der Waals surface area contributed by atoms with Crippen LogP contribution in [-0.4, -0.2) is 64.9 Å². The molecule has 2 aliphatic heterocycles. The molecule has 2 aliphatic rings. The van der Waals surface area contributed by atoms with Crippen molar-refractivity contribution in [3.63, 3.8) is 0 Å². The number of carbonyl (C=O) groups is 2. The normalized spacial score (nSPS) is 19.5. The number of hydrogen-bond donors (Lipinski definition) is 1. The highest BCUT2D eigenvalue weighted by atomic mass is 35.5. The first-order valence-corrected chi connectivity index (χ1v) is 12.0. The molecule has 2 saturated heterocycles. The molecule has 2 aromatic heterocycles. The molecule has 1 aromatic carbocycles. The van der Waals surface area contributed by atoms with Crippen LogP contribution >= 0.6 is 34.3 Å². The van der Waals surface area contributed by atoms with E-state index in [1.54, 1.807) is 10.9 Å². The molecule has 1 atom stereocenters. The number of hydrogen-bond acceptors (Lipinski definition) is 6. The second-order valence-electron chi connectivity index (χ2n) is 7.88. The molecule has 9 heteroatoms. The number of likely N-dealkylation sites (tertiary alicyclic amines) is 2. The number of nitrogens with one attached hydrogen (secondary N) is 1. The molecular weight excluding hydrogens is 440 g/mol. The van der Waals surface area contributed by atoms with E-state index in [9.17, 15) is 9.59 Å². The minimum absolute atomic E-state index is 0.00584. The van der Waals surface area contributed by atoms with Crippen molar-refractivity contribution in [2.24, 2.45) is 0 Å². The van der Waals surface area contributed by atoms with Crippen LogP contribution in [0.15, 0.2) is 29.1 Å². The van der Waals surface area contributed by atoms with Gasteiger partial charge in [0.2, 0.25) is 0 Å². The van der Waals surface area contributed by atoms with Crippen molar-refractivity contribution < 1.29 is 9.59 Å². The summed E-state index contributed by atoms with van der Waals surface area (Å²) in [6.07, 6.45) is 0.927. The summed E-state index contributed by atoms with van der Waals surface area (Å²) >= 11 is 9.09. The van der Waals surface area contributed by atoms with Crippen molar-refractivity contribution in [1.29, 1.82) is 0 Å². The Morgan fingerprint density at radius 3 is 2.73 bits per heavy atom. The van der Waals surface area contributed by atoms with Crippen LogP contribution in [0.5, 0.6) is 0 Å². The lowest BCUT2D eigenvalue weighted by molar-refractivity contribution is 0.0557. The predicted molar refractivity (Wildman–Crippen MR) is 121 cm³/mol.